The second kappa shape index (κ2) is 3.66. The first kappa shape index (κ1) is 9.96. The Morgan fingerprint density at radius 2 is 1.71 bits per heavy atom. The number of carbonyl (C=O) groups is 2. The number of anilines is 1. The molecule has 1 aromatic heterocycles. The van der Waals surface area contributed by atoms with E-state index >= 15 is 0 Å². The summed E-state index contributed by atoms with van der Waals surface area (Å²) in [5.41, 5.74) is 1.29. The largest absolute Gasteiger partial charge is 0.274 e. The first-order valence-electron chi connectivity index (χ1n) is 5.47. The molecular weight excluding hydrogens is 216 g/mol. The maximum Gasteiger partial charge on any atom is 0.234 e. The number of rotatable bonds is 1. The molecule has 1 aliphatic heterocycles. The monoisotopic (exact) mass is 226 g/mol. The zero-order chi connectivity index (χ0) is 11.8. The van der Waals surface area contributed by atoms with E-state index in [1.54, 1.807) is 12.3 Å². The maximum absolute atomic E-state index is 11.7. The van der Waals surface area contributed by atoms with Crippen LogP contribution in [0.25, 0.3) is 10.9 Å². The Balaban J connectivity index is 2.23. The molecule has 3 rings (SSSR count). The van der Waals surface area contributed by atoms with Crippen LogP contribution in [0.5, 0.6) is 0 Å². The number of amides is 2. The summed E-state index contributed by atoms with van der Waals surface area (Å²) in [6, 6.07) is 9.25. The quantitative estimate of drug-likeness (QED) is 0.698. The Labute approximate surface area is 97.9 Å². The molecule has 2 heterocycles. The molecule has 4 heteroatoms. The van der Waals surface area contributed by atoms with E-state index in [4.69, 9.17) is 0 Å². The van der Waals surface area contributed by atoms with E-state index in [-0.39, 0.29) is 11.8 Å². The van der Waals surface area contributed by atoms with Crippen LogP contribution in [0.15, 0.2) is 36.5 Å². The second-order valence-corrected chi connectivity index (χ2v) is 3.98. The fraction of sp³-hybridized carbons (Fsp3) is 0.154. The normalized spacial score (nSPS) is 15.9. The number of para-hydroxylation sites is 1. The lowest BCUT2D eigenvalue weighted by molar-refractivity contribution is -0.121. The highest BCUT2D eigenvalue weighted by molar-refractivity contribution is 6.22. The van der Waals surface area contributed by atoms with E-state index in [2.05, 4.69) is 4.98 Å². The molecular formula is C13H10N2O2. The standard InChI is InChI=1S/C13H10N2O2/c16-11-6-7-12(17)15(11)10-5-1-3-9-4-2-8-14-13(9)10/h1-5,8H,6-7H2. The number of aromatic nitrogens is 1. The van der Waals surface area contributed by atoms with Crippen molar-refractivity contribution < 1.29 is 9.59 Å². The van der Waals surface area contributed by atoms with Crippen LogP contribution in [0.3, 0.4) is 0 Å². The van der Waals surface area contributed by atoms with Gasteiger partial charge in [0.25, 0.3) is 0 Å². The third kappa shape index (κ3) is 1.49. The molecule has 2 amide bonds. The van der Waals surface area contributed by atoms with E-state index in [9.17, 15) is 9.59 Å². The van der Waals surface area contributed by atoms with Crippen LogP contribution < -0.4 is 4.90 Å². The minimum Gasteiger partial charge on any atom is -0.274 e. The Morgan fingerprint density at radius 3 is 2.47 bits per heavy atom. The highest BCUT2D eigenvalue weighted by Crippen LogP contribution is 2.28. The number of pyridine rings is 1. The van der Waals surface area contributed by atoms with Gasteiger partial charge in [-0.1, -0.05) is 18.2 Å². The second-order valence-electron chi connectivity index (χ2n) is 3.98. The summed E-state index contributed by atoms with van der Waals surface area (Å²) in [5.74, 6) is -0.290. The van der Waals surface area contributed by atoms with Crippen LogP contribution in [0.4, 0.5) is 5.69 Å². The Hall–Kier alpha value is -2.23. The van der Waals surface area contributed by atoms with Crippen molar-refractivity contribution in [3.8, 4) is 0 Å². The fourth-order valence-electron chi connectivity index (χ4n) is 2.11. The minimum absolute atomic E-state index is 0.145. The van der Waals surface area contributed by atoms with Crippen LogP contribution in [-0.4, -0.2) is 16.8 Å². The number of nitrogens with zero attached hydrogens (tertiary/aromatic N) is 2. The molecule has 84 valence electrons. The Kier molecular flexibility index (Phi) is 2.14. The molecule has 0 unspecified atom stereocenters. The SMILES string of the molecule is O=C1CCC(=O)N1c1cccc2cccnc12. The van der Waals surface area contributed by atoms with Gasteiger partial charge in [-0.2, -0.15) is 0 Å². The Morgan fingerprint density at radius 1 is 1.00 bits per heavy atom. The first-order valence-corrected chi connectivity index (χ1v) is 5.47. The molecule has 1 saturated heterocycles. The van der Waals surface area contributed by atoms with Gasteiger partial charge >= 0.3 is 0 Å². The van der Waals surface area contributed by atoms with Crippen molar-refractivity contribution in [2.45, 2.75) is 12.8 Å². The summed E-state index contributed by atoms with van der Waals surface area (Å²) in [6.45, 7) is 0. The fourth-order valence-corrected chi connectivity index (χ4v) is 2.11. The summed E-state index contributed by atoms with van der Waals surface area (Å²) in [7, 11) is 0. The van der Waals surface area contributed by atoms with E-state index < -0.39 is 0 Å². The van der Waals surface area contributed by atoms with Crippen molar-refractivity contribution in [3.05, 3.63) is 36.5 Å². The van der Waals surface area contributed by atoms with Crippen molar-refractivity contribution in [3.63, 3.8) is 0 Å². The number of imide groups is 1. The summed E-state index contributed by atoms with van der Waals surface area (Å²) >= 11 is 0. The van der Waals surface area contributed by atoms with Crippen molar-refractivity contribution >= 4 is 28.4 Å². The summed E-state index contributed by atoms with van der Waals surface area (Å²) in [4.78, 5) is 28.9. The van der Waals surface area contributed by atoms with Gasteiger partial charge in [0.05, 0.1) is 11.2 Å². The van der Waals surface area contributed by atoms with Crippen LogP contribution in [-0.2, 0) is 9.59 Å². The molecule has 0 atom stereocenters. The zero-order valence-electron chi connectivity index (χ0n) is 9.09. The number of fused-ring (bicyclic) bond motifs is 1. The highest BCUT2D eigenvalue weighted by Gasteiger charge is 2.31. The molecule has 2 aromatic rings. The van der Waals surface area contributed by atoms with Gasteiger partial charge in [-0.3, -0.25) is 14.6 Å². The van der Waals surface area contributed by atoms with Gasteiger partial charge in [0.15, 0.2) is 0 Å². The van der Waals surface area contributed by atoms with Gasteiger partial charge in [0, 0.05) is 24.4 Å². The minimum atomic E-state index is -0.145. The zero-order valence-corrected chi connectivity index (χ0v) is 9.09. The third-order valence-corrected chi connectivity index (χ3v) is 2.90. The molecule has 17 heavy (non-hydrogen) atoms. The summed E-state index contributed by atoms with van der Waals surface area (Å²) in [5, 5.41) is 0.928. The topological polar surface area (TPSA) is 50.3 Å². The maximum atomic E-state index is 11.7. The molecule has 0 N–H and O–H groups in total. The van der Waals surface area contributed by atoms with Gasteiger partial charge in [0.2, 0.25) is 11.8 Å². The number of hydrogen-bond donors (Lipinski definition) is 0. The van der Waals surface area contributed by atoms with E-state index in [0.717, 1.165) is 5.39 Å². The molecule has 0 radical (unpaired) electrons. The third-order valence-electron chi connectivity index (χ3n) is 2.90. The molecule has 0 saturated carbocycles. The lowest BCUT2D eigenvalue weighted by Crippen LogP contribution is -2.28. The lowest BCUT2D eigenvalue weighted by Gasteiger charge is -2.15. The van der Waals surface area contributed by atoms with E-state index in [0.29, 0.717) is 24.0 Å². The van der Waals surface area contributed by atoms with Crippen molar-refractivity contribution in [2.24, 2.45) is 0 Å². The predicted molar refractivity (Wildman–Crippen MR) is 63.5 cm³/mol. The first-order chi connectivity index (χ1) is 8.27. The average molecular weight is 226 g/mol. The predicted octanol–water partition coefficient (Wildman–Crippen LogP) is 1.89. The number of hydrogen-bond acceptors (Lipinski definition) is 3. The van der Waals surface area contributed by atoms with Crippen LogP contribution in [0, 0.1) is 0 Å². The van der Waals surface area contributed by atoms with Crippen LogP contribution >= 0.6 is 0 Å². The van der Waals surface area contributed by atoms with Crippen molar-refractivity contribution in [2.75, 3.05) is 4.90 Å². The molecule has 0 aliphatic carbocycles. The molecule has 4 nitrogen and oxygen atoms in total. The van der Waals surface area contributed by atoms with E-state index in [1.165, 1.54) is 4.90 Å². The van der Waals surface area contributed by atoms with Crippen LogP contribution in [0.2, 0.25) is 0 Å². The lowest BCUT2D eigenvalue weighted by atomic mass is 10.2. The van der Waals surface area contributed by atoms with Crippen molar-refractivity contribution in [1.82, 2.24) is 4.98 Å². The molecule has 1 aliphatic rings. The van der Waals surface area contributed by atoms with Gasteiger partial charge in [-0.05, 0) is 12.1 Å². The molecule has 1 aromatic carbocycles. The molecule has 1 fully saturated rings. The number of benzene rings is 1. The van der Waals surface area contributed by atoms with Crippen molar-refractivity contribution in [1.29, 1.82) is 0 Å². The number of carbonyl (C=O) groups excluding carboxylic acids is 2. The Bertz CT molecular complexity index is 600. The smallest absolute Gasteiger partial charge is 0.234 e. The van der Waals surface area contributed by atoms with Gasteiger partial charge in [-0.25, -0.2) is 4.90 Å². The van der Waals surface area contributed by atoms with Gasteiger partial charge in [-0.15, -0.1) is 0 Å². The van der Waals surface area contributed by atoms with Gasteiger partial charge < -0.3 is 0 Å². The van der Waals surface area contributed by atoms with E-state index in [1.807, 2.05) is 24.3 Å². The summed E-state index contributed by atoms with van der Waals surface area (Å²) in [6.07, 6.45) is 2.25. The van der Waals surface area contributed by atoms with Crippen LogP contribution in [0.1, 0.15) is 12.8 Å². The average Bonchev–Trinajstić information content (AvgIpc) is 2.69. The van der Waals surface area contributed by atoms with Gasteiger partial charge in [0.1, 0.15) is 0 Å². The summed E-state index contributed by atoms with van der Waals surface area (Å²) < 4.78 is 0. The highest BCUT2D eigenvalue weighted by atomic mass is 16.2. The molecule has 0 bridgehead atoms. The molecule has 0 spiro atoms.